The van der Waals surface area contributed by atoms with Crippen LogP contribution in [0.4, 0.5) is 0 Å². The largest absolute Gasteiger partial charge is 0.482 e. The smallest absolute Gasteiger partial charge is 0.358 e. The molecular formula is C38H44IO4+. The number of ether oxygens (including phenoxy) is 2. The van der Waals surface area contributed by atoms with Gasteiger partial charge in [-0.15, -0.1) is 0 Å². The normalized spacial score (nSPS) is 25.9. The first-order valence-electron chi connectivity index (χ1n) is 15.8. The molecule has 0 saturated heterocycles. The van der Waals surface area contributed by atoms with Crippen LogP contribution in [0, 0.1) is 37.7 Å². The Balaban J connectivity index is 0.996. The van der Waals surface area contributed by atoms with Gasteiger partial charge in [0.25, 0.3) is 0 Å². The minimum atomic E-state index is -0.339. The number of halogens is 1. The standard InChI is InChI=1S/C38H44IO4/c1-24-16-28(8-15-34(24)39-32-11-9-29(10-12-32)37(2,3)4)35(40)22-25-6-13-33(14-7-25)42-23-36(41)43-38(5)30-18-26-17-27(20-30)21-31(38)19-26/h6-16,26-27,30-31H,17-23H2,1-5H3/q+1. The van der Waals surface area contributed by atoms with Crippen LogP contribution in [0.5, 0.6) is 5.75 Å². The molecule has 0 unspecified atom stereocenters. The van der Waals surface area contributed by atoms with E-state index in [1.165, 1.54) is 50.4 Å². The van der Waals surface area contributed by atoms with Gasteiger partial charge in [0.2, 0.25) is 0 Å². The van der Waals surface area contributed by atoms with Crippen molar-refractivity contribution < 1.29 is 40.3 Å². The molecule has 0 radical (unpaired) electrons. The van der Waals surface area contributed by atoms with Crippen LogP contribution in [-0.4, -0.2) is 24.0 Å². The van der Waals surface area contributed by atoms with Gasteiger partial charge in [0.15, 0.2) is 19.5 Å². The molecule has 4 fully saturated rings. The van der Waals surface area contributed by atoms with Crippen LogP contribution in [0.3, 0.4) is 0 Å². The van der Waals surface area contributed by atoms with E-state index in [1.54, 1.807) is 0 Å². The third-order valence-corrected chi connectivity index (χ3v) is 13.3. The Hall–Kier alpha value is -2.67. The molecule has 226 valence electrons. The summed E-state index contributed by atoms with van der Waals surface area (Å²) in [6.07, 6.45) is 6.52. The second-order valence-corrected chi connectivity index (χ2v) is 17.3. The number of carbonyl (C=O) groups excluding carboxylic acids is 2. The van der Waals surface area contributed by atoms with Crippen molar-refractivity contribution in [1.29, 1.82) is 0 Å². The van der Waals surface area contributed by atoms with Crippen LogP contribution in [-0.2, 0) is 21.4 Å². The summed E-state index contributed by atoms with van der Waals surface area (Å²) in [7, 11) is 0. The van der Waals surface area contributed by atoms with Crippen LogP contribution < -0.4 is 25.9 Å². The Kier molecular flexibility index (Phi) is 8.49. The zero-order chi connectivity index (χ0) is 30.4. The van der Waals surface area contributed by atoms with E-state index in [0.717, 1.165) is 23.0 Å². The van der Waals surface area contributed by atoms with E-state index in [9.17, 15) is 9.59 Å². The second-order valence-electron chi connectivity index (χ2n) is 14.3. The van der Waals surface area contributed by atoms with E-state index in [1.807, 2.05) is 36.4 Å². The predicted octanol–water partition coefficient (Wildman–Crippen LogP) is 4.98. The number of ketones is 1. The van der Waals surface area contributed by atoms with Gasteiger partial charge in [-0.05, 0) is 129 Å². The van der Waals surface area contributed by atoms with Gasteiger partial charge in [0.05, 0.1) is 0 Å². The van der Waals surface area contributed by atoms with Crippen LogP contribution in [0.1, 0.15) is 86.8 Å². The number of carbonyl (C=O) groups is 2. The maximum atomic E-state index is 13.1. The van der Waals surface area contributed by atoms with Crippen LogP contribution in [0.2, 0.25) is 0 Å². The van der Waals surface area contributed by atoms with Crippen molar-refractivity contribution in [3.63, 3.8) is 0 Å². The average Bonchev–Trinajstić information content (AvgIpc) is 2.96. The lowest BCUT2D eigenvalue weighted by Crippen LogP contribution is -3.61. The molecule has 4 aliphatic rings. The quantitative estimate of drug-likeness (QED) is 0.181. The molecule has 0 amide bonds. The van der Waals surface area contributed by atoms with Gasteiger partial charge in [-0.2, -0.15) is 0 Å². The highest BCUT2D eigenvalue weighted by atomic mass is 127. The molecule has 4 nitrogen and oxygen atoms in total. The molecule has 0 aliphatic heterocycles. The third kappa shape index (κ3) is 6.72. The van der Waals surface area contributed by atoms with Gasteiger partial charge in [0, 0.05) is 17.5 Å². The first-order chi connectivity index (χ1) is 20.5. The molecule has 3 aromatic rings. The van der Waals surface area contributed by atoms with E-state index in [0.29, 0.717) is 24.0 Å². The van der Waals surface area contributed by atoms with E-state index < -0.39 is 0 Å². The van der Waals surface area contributed by atoms with Gasteiger partial charge in [0.1, 0.15) is 11.4 Å². The van der Waals surface area contributed by atoms with Crippen molar-refractivity contribution in [1.82, 2.24) is 0 Å². The summed E-state index contributed by atoms with van der Waals surface area (Å²) < 4.78 is 14.6. The third-order valence-electron chi connectivity index (χ3n) is 10.1. The number of aryl methyl sites for hydroxylation is 1. The van der Waals surface area contributed by atoms with Gasteiger partial charge in [-0.25, -0.2) is 4.79 Å². The molecule has 0 spiro atoms. The van der Waals surface area contributed by atoms with Crippen molar-refractivity contribution in [2.75, 3.05) is 6.61 Å². The molecule has 4 bridgehead atoms. The average molecular weight is 692 g/mol. The summed E-state index contributed by atoms with van der Waals surface area (Å²) in [5.74, 6) is 3.10. The zero-order valence-electron chi connectivity index (χ0n) is 26.1. The Morgan fingerprint density at radius 2 is 1.49 bits per heavy atom. The number of hydrogen-bond donors (Lipinski definition) is 0. The Morgan fingerprint density at radius 3 is 2.07 bits per heavy atom. The summed E-state index contributed by atoms with van der Waals surface area (Å²) in [5.41, 5.74) is 4.01. The fraction of sp³-hybridized carbons (Fsp3) is 0.474. The SMILES string of the molecule is Cc1cc(C(=O)Cc2ccc(OCC(=O)OC3(C)C4CC5CC(C4)CC3C5)cc2)ccc1[I+]c1ccc(C(C)(C)C)cc1. The van der Waals surface area contributed by atoms with Crippen molar-refractivity contribution in [3.8, 4) is 5.75 Å². The van der Waals surface area contributed by atoms with Gasteiger partial charge in [-0.1, -0.05) is 45.0 Å². The Morgan fingerprint density at radius 1 is 0.860 bits per heavy atom. The molecule has 4 saturated carbocycles. The molecule has 5 heteroatoms. The molecule has 3 aromatic carbocycles. The lowest BCUT2D eigenvalue weighted by molar-refractivity contribution is -0.598. The van der Waals surface area contributed by atoms with Crippen molar-refractivity contribution in [3.05, 3.63) is 96.1 Å². The first kappa shape index (κ1) is 30.4. The molecule has 0 heterocycles. The fourth-order valence-electron chi connectivity index (χ4n) is 7.75. The van der Waals surface area contributed by atoms with Gasteiger partial charge < -0.3 is 9.47 Å². The number of rotatable bonds is 9. The number of benzene rings is 3. The van der Waals surface area contributed by atoms with Gasteiger partial charge >= 0.3 is 27.2 Å². The molecule has 0 atom stereocenters. The lowest BCUT2D eigenvalue weighted by Gasteiger charge is -2.59. The highest BCUT2D eigenvalue weighted by Gasteiger charge is 2.57. The van der Waals surface area contributed by atoms with Crippen molar-refractivity contribution in [2.45, 2.75) is 84.2 Å². The summed E-state index contributed by atoms with van der Waals surface area (Å²) >= 11 is -0.307. The van der Waals surface area contributed by atoms with Crippen molar-refractivity contribution in [2.24, 2.45) is 23.7 Å². The molecule has 43 heavy (non-hydrogen) atoms. The fourth-order valence-corrected chi connectivity index (χ4v) is 10.1. The number of Topliss-reactive ketones (excluding diaryl/α,β-unsaturated/α-hetero) is 1. The Labute approximate surface area is 267 Å². The van der Waals surface area contributed by atoms with Crippen LogP contribution >= 0.6 is 0 Å². The highest BCUT2D eigenvalue weighted by Crippen LogP contribution is 2.59. The van der Waals surface area contributed by atoms with E-state index in [-0.39, 0.29) is 50.6 Å². The van der Waals surface area contributed by atoms with Gasteiger partial charge in [-0.3, -0.25) is 4.79 Å². The first-order valence-corrected chi connectivity index (χ1v) is 17.9. The Bertz CT molecular complexity index is 1450. The van der Waals surface area contributed by atoms with Crippen molar-refractivity contribution >= 4 is 11.8 Å². The molecule has 0 aromatic heterocycles. The minimum Gasteiger partial charge on any atom is -0.482 e. The summed E-state index contributed by atoms with van der Waals surface area (Å²) in [6, 6.07) is 22.6. The molecule has 0 N–H and O–H groups in total. The van der Waals surface area contributed by atoms with E-state index >= 15 is 0 Å². The van der Waals surface area contributed by atoms with E-state index in [2.05, 4.69) is 65.0 Å². The topological polar surface area (TPSA) is 52.6 Å². The minimum absolute atomic E-state index is 0.0881. The number of esters is 1. The second kappa shape index (κ2) is 12.0. The maximum Gasteiger partial charge on any atom is 0.358 e. The van der Waals surface area contributed by atoms with Crippen LogP contribution in [0.15, 0.2) is 66.7 Å². The summed E-state index contributed by atoms with van der Waals surface area (Å²) in [4.78, 5) is 25.9. The lowest BCUT2D eigenvalue weighted by atomic mass is 9.50. The van der Waals surface area contributed by atoms with E-state index in [4.69, 9.17) is 9.47 Å². The molecule has 4 aliphatic carbocycles. The molecular weight excluding hydrogens is 647 g/mol. The molecule has 7 rings (SSSR count). The maximum absolute atomic E-state index is 13.1. The highest BCUT2D eigenvalue weighted by molar-refractivity contribution is 5.97. The predicted molar refractivity (Wildman–Crippen MR) is 165 cm³/mol. The number of hydrogen-bond acceptors (Lipinski definition) is 4. The summed E-state index contributed by atoms with van der Waals surface area (Å²) in [5, 5.41) is 0. The summed E-state index contributed by atoms with van der Waals surface area (Å²) in [6.45, 7) is 10.9. The van der Waals surface area contributed by atoms with Crippen LogP contribution in [0.25, 0.3) is 0 Å². The zero-order valence-corrected chi connectivity index (χ0v) is 28.3. The monoisotopic (exact) mass is 691 g/mol.